The summed E-state index contributed by atoms with van der Waals surface area (Å²) in [7, 11) is -3.72. The molecule has 13 nitrogen and oxygen atoms in total. The van der Waals surface area contributed by atoms with Crippen molar-refractivity contribution in [3.8, 4) is 0 Å². The van der Waals surface area contributed by atoms with E-state index >= 15 is 0 Å². The number of hydrogen-bond acceptors (Lipinski definition) is 7. The van der Waals surface area contributed by atoms with Gasteiger partial charge in [-0.3, -0.25) is 19.2 Å². The number of sulfonamides is 1. The van der Waals surface area contributed by atoms with Gasteiger partial charge in [-0.2, -0.15) is 4.31 Å². The zero-order valence-corrected chi connectivity index (χ0v) is 32.7. The van der Waals surface area contributed by atoms with Gasteiger partial charge in [0.15, 0.2) is 0 Å². The van der Waals surface area contributed by atoms with Crippen LogP contribution in [0, 0.1) is 34.5 Å². The lowest BCUT2D eigenvalue weighted by Gasteiger charge is -2.38. The molecule has 1 aromatic rings. The van der Waals surface area contributed by atoms with E-state index in [0.717, 1.165) is 56.9 Å². The van der Waals surface area contributed by atoms with Crippen molar-refractivity contribution in [3.63, 3.8) is 0 Å². The summed E-state index contributed by atoms with van der Waals surface area (Å²) in [4.78, 5) is 69.4. The van der Waals surface area contributed by atoms with Gasteiger partial charge in [-0.05, 0) is 78.2 Å². The van der Waals surface area contributed by atoms with E-state index in [1.165, 1.54) is 4.31 Å². The van der Waals surface area contributed by atoms with Gasteiger partial charge in [0.2, 0.25) is 27.6 Å². The summed E-state index contributed by atoms with van der Waals surface area (Å²) in [6.07, 6.45) is 8.43. The van der Waals surface area contributed by atoms with Gasteiger partial charge in [0.25, 0.3) is 5.91 Å². The molecule has 6 rings (SSSR count). The number of fused-ring (bicyclic) bond motifs is 1. The standard InChI is InChI=1S/C39H58N6O7S/c1-38(2,3)33(43-37(50)42-29(24-11-7-6-8-12-24)22-44-21-25-13-9-10-14-30(25)53(44,51)52)36(49)45-18-17-26(27-20-39(27,4)5)31(45)35(48)41-28(19-23-15-16-23)32(46)34(40)47/h9-10,13-14,23-24,26-29,31,33H,6-8,11-12,15-22H2,1-5H3,(H2,40,47)(H,41,48)(H2,42,43,50)/t26-,27?,28?,29-,31+,33-/m1/s1. The van der Waals surface area contributed by atoms with E-state index in [1.54, 1.807) is 17.0 Å². The average molecular weight is 755 g/mol. The zero-order valence-electron chi connectivity index (χ0n) is 31.9. The van der Waals surface area contributed by atoms with E-state index in [0.29, 0.717) is 24.3 Å². The Bertz CT molecular complexity index is 1710. The van der Waals surface area contributed by atoms with Crippen LogP contribution < -0.4 is 21.7 Å². The molecule has 53 heavy (non-hydrogen) atoms. The third-order valence-electron chi connectivity index (χ3n) is 12.5. The number of nitrogens with two attached hydrogens (primary N) is 1. The Kier molecular flexibility index (Phi) is 11.1. The second-order valence-corrected chi connectivity index (χ2v) is 19.9. The first-order valence-corrected chi connectivity index (χ1v) is 20.9. The molecule has 6 atom stereocenters. The topological polar surface area (TPSA) is 188 Å². The van der Waals surface area contributed by atoms with E-state index in [4.69, 9.17) is 5.73 Å². The molecule has 4 fully saturated rings. The number of carbonyl (C=O) groups is 5. The van der Waals surface area contributed by atoms with E-state index in [1.807, 2.05) is 32.9 Å². The Morgan fingerprint density at radius 3 is 2.19 bits per heavy atom. The summed E-state index contributed by atoms with van der Waals surface area (Å²) in [5.41, 5.74) is 5.34. The summed E-state index contributed by atoms with van der Waals surface area (Å²) in [5, 5.41) is 8.88. The normalized spacial score (nSPS) is 26.9. The largest absolute Gasteiger partial charge is 0.363 e. The lowest BCUT2D eigenvalue weighted by atomic mass is 9.83. The molecule has 5 amide bonds. The smallest absolute Gasteiger partial charge is 0.315 e. The number of nitrogens with one attached hydrogen (secondary N) is 3. The number of likely N-dealkylation sites (tertiary alicyclic amines) is 1. The summed E-state index contributed by atoms with van der Waals surface area (Å²) in [5.74, 6) is -2.49. The third kappa shape index (κ3) is 8.58. The highest BCUT2D eigenvalue weighted by Crippen LogP contribution is 2.59. The van der Waals surface area contributed by atoms with E-state index in [2.05, 4.69) is 29.8 Å². The summed E-state index contributed by atoms with van der Waals surface area (Å²) in [6, 6.07) is 2.95. The first-order chi connectivity index (χ1) is 24.9. The van der Waals surface area contributed by atoms with Gasteiger partial charge < -0.3 is 26.6 Å². The van der Waals surface area contributed by atoms with Crippen molar-refractivity contribution in [3.05, 3.63) is 29.8 Å². The van der Waals surface area contributed by atoms with Crippen LogP contribution in [0.25, 0.3) is 0 Å². The summed E-state index contributed by atoms with van der Waals surface area (Å²) in [6.45, 7) is 10.5. The van der Waals surface area contributed by atoms with Gasteiger partial charge in [-0.25, -0.2) is 13.2 Å². The quantitative estimate of drug-likeness (QED) is 0.222. The fourth-order valence-electron chi connectivity index (χ4n) is 9.09. The molecule has 3 saturated carbocycles. The van der Waals surface area contributed by atoms with Crippen LogP contribution in [0.3, 0.4) is 0 Å². The van der Waals surface area contributed by atoms with Crippen molar-refractivity contribution in [2.24, 2.45) is 40.2 Å². The molecule has 3 aliphatic carbocycles. The summed E-state index contributed by atoms with van der Waals surface area (Å²) < 4.78 is 28.4. The maximum atomic E-state index is 14.7. The zero-order chi connectivity index (χ0) is 38.5. The van der Waals surface area contributed by atoms with Crippen LogP contribution in [-0.4, -0.2) is 84.4 Å². The Morgan fingerprint density at radius 2 is 1.60 bits per heavy atom. The van der Waals surface area contributed by atoms with Crippen molar-refractivity contribution in [2.45, 2.75) is 134 Å². The van der Waals surface area contributed by atoms with Crippen LogP contribution in [0.1, 0.15) is 104 Å². The molecule has 5 N–H and O–H groups in total. The maximum absolute atomic E-state index is 14.7. The van der Waals surface area contributed by atoms with Crippen LogP contribution >= 0.6 is 0 Å². The Balaban J connectivity index is 1.21. The van der Waals surface area contributed by atoms with Crippen molar-refractivity contribution in [1.82, 2.24) is 25.2 Å². The lowest BCUT2D eigenvalue weighted by Crippen LogP contribution is -2.62. The molecule has 2 heterocycles. The second-order valence-electron chi connectivity index (χ2n) is 18.0. The molecule has 0 aromatic heterocycles. The lowest BCUT2D eigenvalue weighted by molar-refractivity contribution is -0.144. The van der Waals surface area contributed by atoms with E-state index in [9.17, 15) is 32.4 Å². The second kappa shape index (κ2) is 15.0. The van der Waals surface area contributed by atoms with Crippen molar-refractivity contribution >= 4 is 39.6 Å². The van der Waals surface area contributed by atoms with Crippen molar-refractivity contribution < 1.29 is 32.4 Å². The minimum absolute atomic E-state index is 0.00139. The van der Waals surface area contributed by atoms with Crippen LogP contribution in [0.5, 0.6) is 0 Å². The highest BCUT2D eigenvalue weighted by Gasteiger charge is 2.58. The summed E-state index contributed by atoms with van der Waals surface area (Å²) >= 11 is 0. The fourth-order valence-corrected chi connectivity index (χ4v) is 10.8. The monoisotopic (exact) mass is 754 g/mol. The van der Waals surface area contributed by atoms with Crippen LogP contribution in [0.15, 0.2) is 29.2 Å². The minimum atomic E-state index is -3.72. The number of hydrogen-bond donors (Lipinski definition) is 4. The molecule has 0 bridgehead atoms. The molecule has 2 aliphatic heterocycles. The predicted molar refractivity (Wildman–Crippen MR) is 198 cm³/mol. The Labute approximate surface area is 314 Å². The van der Waals surface area contributed by atoms with Crippen LogP contribution in [-0.2, 0) is 35.7 Å². The molecule has 5 aliphatic rings. The number of rotatable bonds is 13. The number of carbonyl (C=O) groups excluding carboxylic acids is 5. The van der Waals surface area contributed by atoms with Gasteiger partial charge in [-0.15, -0.1) is 0 Å². The molecular formula is C39H58N6O7S. The highest BCUT2D eigenvalue weighted by molar-refractivity contribution is 7.89. The molecule has 0 radical (unpaired) electrons. The number of urea groups is 1. The van der Waals surface area contributed by atoms with Gasteiger partial charge in [0.1, 0.15) is 12.1 Å². The first kappa shape index (κ1) is 39.2. The van der Waals surface area contributed by atoms with Gasteiger partial charge >= 0.3 is 6.03 Å². The van der Waals surface area contributed by atoms with E-state index in [-0.39, 0.29) is 42.2 Å². The third-order valence-corrected chi connectivity index (χ3v) is 14.4. The molecule has 1 aromatic carbocycles. The van der Waals surface area contributed by atoms with E-state index < -0.39 is 69.1 Å². The minimum Gasteiger partial charge on any atom is -0.363 e. The van der Waals surface area contributed by atoms with Gasteiger partial charge in [-0.1, -0.05) is 84.9 Å². The molecule has 14 heteroatoms. The molecule has 292 valence electrons. The molecule has 2 unspecified atom stereocenters. The fraction of sp³-hybridized carbons (Fsp3) is 0.718. The van der Waals surface area contributed by atoms with Gasteiger partial charge in [0, 0.05) is 25.7 Å². The maximum Gasteiger partial charge on any atom is 0.315 e. The Morgan fingerprint density at radius 1 is 0.943 bits per heavy atom. The number of ketones is 1. The molecule has 0 spiro atoms. The van der Waals surface area contributed by atoms with Crippen molar-refractivity contribution in [2.75, 3.05) is 13.1 Å². The van der Waals surface area contributed by atoms with Crippen molar-refractivity contribution in [1.29, 1.82) is 0 Å². The molecular weight excluding hydrogens is 697 g/mol. The number of benzene rings is 1. The van der Waals surface area contributed by atoms with Gasteiger partial charge in [0.05, 0.1) is 10.9 Å². The highest BCUT2D eigenvalue weighted by atomic mass is 32.2. The molecule has 1 saturated heterocycles. The van der Waals surface area contributed by atoms with Crippen LogP contribution in [0.4, 0.5) is 4.79 Å². The average Bonchev–Trinajstić information content (AvgIpc) is 3.96. The number of nitrogens with zero attached hydrogens (tertiary/aromatic N) is 2. The van der Waals surface area contributed by atoms with Crippen LogP contribution in [0.2, 0.25) is 0 Å². The predicted octanol–water partition coefficient (Wildman–Crippen LogP) is 3.46. The first-order valence-electron chi connectivity index (χ1n) is 19.5. The number of Topliss-reactive ketones (excluding diaryl/α,β-unsaturated/α-hetero) is 1. The number of amides is 5. The Hall–Kier alpha value is -3.52. The number of primary amides is 1. The SMILES string of the molecule is CC1(C)CC1[C@H]1CCN(C(=O)[C@@H](NC(=O)N[C@H](CN2Cc3ccccc3S2(=O)=O)C2CCCCC2)C(C)(C)C)[C@@H]1C(=O)NC(CC1CC1)C(=O)C(N)=O.